The molecule has 0 amide bonds. The van der Waals surface area contributed by atoms with E-state index in [1.807, 2.05) is 94.4 Å². The summed E-state index contributed by atoms with van der Waals surface area (Å²) in [6.45, 7) is 8.83. The van der Waals surface area contributed by atoms with Crippen molar-refractivity contribution in [1.82, 2.24) is 9.97 Å². The monoisotopic (exact) mass is 920 g/mol. The molecule has 0 aliphatic rings. The van der Waals surface area contributed by atoms with E-state index in [2.05, 4.69) is 95.2 Å². The maximum atomic E-state index is 10.2. The number of aromatic nitrogens is 2. The van der Waals surface area contributed by atoms with Crippen LogP contribution in [0.15, 0.2) is 182 Å². The van der Waals surface area contributed by atoms with Crippen LogP contribution in [0.2, 0.25) is 0 Å². The molecule has 0 fully saturated rings. The van der Waals surface area contributed by atoms with Gasteiger partial charge in [0.15, 0.2) is 0 Å². The molecule has 58 heavy (non-hydrogen) atoms. The molecular weight excluding hydrogens is 866 g/mol. The number of rotatable bonds is 6. The van der Waals surface area contributed by atoms with Gasteiger partial charge in [0.2, 0.25) is 0 Å². The van der Waals surface area contributed by atoms with Gasteiger partial charge in [-0.2, -0.15) is 0 Å². The number of nitrogens with zero attached hydrogens (tertiary/aromatic N) is 2. The number of anilines is 2. The van der Waals surface area contributed by atoms with Gasteiger partial charge in [-0.05, 0) is 66.2 Å². The second-order valence-corrected chi connectivity index (χ2v) is 11.5. The van der Waals surface area contributed by atoms with Gasteiger partial charge >= 0.3 is 5.97 Å². The van der Waals surface area contributed by atoms with Crippen molar-refractivity contribution >= 4 is 39.1 Å². The number of hydrogen-bond acceptors (Lipinski definition) is 5. The number of pyridine rings is 2. The smallest absolute Gasteiger partial charge is 0.335 e. The first-order valence-electron chi connectivity index (χ1n) is 18.3. The molecule has 2 heterocycles. The molecule has 0 spiro atoms. The first-order valence-corrected chi connectivity index (χ1v) is 18.3. The number of aromatic carboxylic acids is 1. The second kappa shape index (κ2) is 29.6. The molecule has 294 valence electrons. The van der Waals surface area contributed by atoms with Crippen LogP contribution in [-0.2, 0) is 72.0 Å². The van der Waals surface area contributed by atoms with Crippen molar-refractivity contribution in [3.05, 3.63) is 208 Å². The number of fused-ring (bicyclic) bond motifs is 2. The van der Waals surface area contributed by atoms with E-state index in [9.17, 15) is 4.79 Å². The molecule has 4 N–H and O–H groups in total. The number of hydrogen-bond donors (Lipinski definition) is 3. The summed E-state index contributed by atoms with van der Waals surface area (Å²) in [6.07, 6.45) is 0. The summed E-state index contributed by atoms with van der Waals surface area (Å²) in [7, 11) is 0. The zero-order valence-corrected chi connectivity index (χ0v) is 40.2. The number of carboxylic acids is 1. The fourth-order valence-electron chi connectivity index (χ4n) is 5.25. The molecule has 0 aliphatic heterocycles. The van der Waals surface area contributed by atoms with Crippen molar-refractivity contribution in [2.45, 2.75) is 34.2 Å². The Balaban J connectivity index is 0.000000842. The summed E-state index contributed by atoms with van der Waals surface area (Å²) >= 11 is 0. The van der Waals surface area contributed by atoms with E-state index >= 15 is 0 Å². The maximum Gasteiger partial charge on any atom is 0.335 e. The van der Waals surface area contributed by atoms with Gasteiger partial charge < -0.3 is 31.0 Å². The Hall–Kier alpha value is -4.58. The van der Waals surface area contributed by atoms with Gasteiger partial charge in [0.05, 0.1) is 28.0 Å². The van der Waals surface area contributed by atoms with Gasteiger partial charge in [0.1, 0.15) is 0 Å². The fourth-order valence-corrected chi connectivity index (χ4v) is 5.25. The van der Waals surface area contributed by atoms with Crippen molar-refractivity contribution in [3.63, 3.8) is 0 Å². The minimum absolute atomic E-state index is 0. The standard InChI is InChI=1S/C22H18N2.C15H12N2.C7H6O2.2C2H6.2CH3.2Y/c1-2-6-17(7-3-1)16-23-20-13-10-19(11-14-20)22-15-12-18-8-4-5-9-21(18)24-22;16-13-8-5-12(6-9-13)15-10-7-11-3-1-2-4-14(11)17-15;8-7(9)6-4-2-1-3-5-6;2*1-2;;;;/h1-15,23H,16H2;1-10H,16H2;1-5H,(H,8,9);2*1-2H3;2*1H3;;/q;;;;;2*-1;;. The Morgan fingerprint density at radius 3 is 1.34 bits per heavy atom. The summed E-state index contributed by atoms with van der Waals surface area (Å²) < 4.78 is 0. The Kier molecular flexibility index (Phi) is 27.3. The maximum absolute atomic E-state index is 10.2. The predicted molar refractivity (Wildman–Crippen MR) is 241 cm³/mol. The molecule has 6 nitrogen and oxygen atoms in total. The molecule has 0 saturated carbocycles. The van der Waals surface area contributed by atoms with Crippen molar-refractivity contribution in [2.75, 3.05) is 11.1 Å². The first kappa shape index (κ1) is 53.4. The molecule has 0 bridgehead atoms. The molecule has 8 rings (SSSR count). The van der Waals surface area contributed by atoms with E-state index in [1.54, 1.807) is 30.3 Å². The SMILES string of the molecule is CC.CC.Nc1ccc(-c2ccc3ccccc3n2)cc1.O=C(O)c1ccccc1.[CH3-].[CH3-].[Y].[Y].c1ccc(CNc2ccc(-c3ccc4ccccc4n3)cc2)cc1. The van der Waals surface area contributed by atoms with Gasteiger partial charge in [0.25, 0.3) is 0 Å². The van der Waals surface area contributed by atoms with Crippen LogP contribution in [0.4, 0.5) is 11.4 Å². The number of carbonyl (C=O) groups is 1. The molecule has 0 saturated heterocycles. The third-order valence-corrected chi connectivity index (χ3v) is 7.94. The summed E-state index contributed by atoms with van der Waals surface area (Å²) in [4.78, 5) is 19.6. The summed E-state index contributed by atoms with van der Waals surface area (Å²) in [5.41, 5.74) is 15.4. The van der Waals surface area contributed by atoms with Crippen molar-refractivity contribution < 1.29 is 75.3 Å². The third-order valence-electron chi connectivity index (χ3n) is 7.94. The predicted octanol–water partition coefficient (Wildman–Crippen LogP) is 13.3. The van der Waals surface area contributed by atoms with Crippen molar-refractivity contribution in [1.29, 1.82) is 0 Å². The molecular formula is C50H54N4O2Y2-2. The molecule has 6 aromatic carbocycles. The van der Waals surface area contributed by atoms with Crippen LogP contribution < -0.4 is 11.1 Å². The van der Waals surface area contributed by atoms with Crippen LogP contribution in [0.5, 0.6) is 0 Å². The van der Waals surface area contributed by atoms with Gasteiger partial charge in [-0.3, -0.25) is 0 Å². The summed E-state index contributed by atoms with van der Waals surface area (Å²) in [5, 5.41) is 14.2. The molecule has 2 aromatic heterocycles. The van der Waals surface area contributed by atoms with Crippen molar-refractivity contribution in [3.8, 4) is 22.5 Å². The van der Waals surface area contributed by atoms with Gasteiger partial charge in [-0.15, -0.1) is 0 Å². The van der Waals surface area contributed by atoms with Crippen LogP contribution >= 0.6 is 0 Å². The number of nitrogens with two attached hydrogens (primary N) is 1. The van der Waals surface area contributed by atoms with Crippen LogP contribution in [0.1, 0.15) is 43.6 Å². The number of carboxylic acid groups (broad SMARTS) is 1. The van der Waals surface area contributed by atoms with E-state index in [1.165, 1.54) is 10.9 Å². The Morgan fingerprint density at radius 1 is 0.517 bits per heavy atom. The zero-order valence-electron chi connectivity index (χ0n) is 34.5. The van der Waals surface area contributed by atoms with Crippen LogP contribution in [0.25, 0.3) is 44.3 Å². The van der Waals surface area contributed by atoms with E-state index in [4.69, 9.17) is 15.8 Å². The molecule has 8 aromatic rings. The summed E-state index contributed by atoms with van der Waals surface area (Å²) in [6, 6.07) is 59.6. The third kappa shape index (κ3) is 16.7. The number of para-hydroxylation sites is 2. The molecule has 0 aliphatic carbocycles. The molecule has 2 radical (unpaired) electrons. The number of nitrogen functional groups attached to an aromatic ring is 1. The fraction of sp³-hybridized carbons (Fsp3) is 0.100. The Morgan fingerprint density at radius 2 is 0.914 bits per heavy atom. The number of nitrogens with one attached hydrogen (secondary N) is 1. The summed E-state index contributed by atoms with van der Waals surface area (Å²) in [5.74, 6) is -0.879. The Labute approximate surface area is 396 Å². The molecule has 0 atom stereocenters. The van der Waals surface area contributed by atoms with E-state index in [0.717, 1.165) is 56.9 Å². The average molecular weight is 921 g/mol. The normalized spacial score (nSPS) is 9.10. The van der Waals surface area contributed by atoms with E-state index in [-0.39, 0.29) is 80.3 Å². The average Bonchev–Trinajstić information content (AvgIpc) is 3.25. The van der Waals surface area contributed by atoms with Crippen LogP contribution in [0, 0.1) is 14.9 Å². The van der Waals surface area contributed by atoms with Gasteiger partial charge in [-0.25, -0.2) is 14.8 Å². The molecule has 0 unspecified atom stereocenters. The topological polar surface area (TPSA) is 101 Å². The first-order chi connectivity index (χ1) is 26.5. The quantitative estimate of drug-likeness (QED) is 0.113. The van der Waals surface area contributed by atoms with Gasteiger partial charge in [-0.1, -0.05) is 149 Å². The largest absolute Gasteiger partial charge is 0.478 e. The molecule has 8 heteroatoms. The Bertz CT molecular complexity index is 2300. The number of benzene rings is 6. The minimum atomic E-state index is -0.879. The second-order valence-electron chi connectivity index (χ2n) is 11.5. The van der Waals surface area contributed by atoms with Gasteiger partial charge in [0, 0.05) is 105 Å². The van der Waals surface area contributed by atoms with Crippen molar-refractivity contribution in [2.24, 2.45) is 0 Å². The van der Waals surface area contributed by atoms with Crippen LogP contribution in [0.3, 0.4) is 0 Å². The van der Waals surface area contributed by atoms with Crippen LogP contribution in [-0.4, -0.2) is 21.0 Å². The zero-order chi connectivity index (χ0) is 38.5. The minimum Gasteiger partial charge on any atom is -0.478 e. The van der Waals surface area contributed by atoms with E-state index in [0.29, 0.717) is 5.56 Å². The van der Waals surface area contributed by atoms with E-state index < -0.39 is 5.97 Å².